The van der Waals surface area contributed by atoms with E-state index in [0.29, 0.717) is 24.5 Å². The number of nitrogens with one attached hydrogen (secondary N) is 1. The average molecular weight is 271 g/mol. The summed E-state index contributed by atoms with van der Waals surface area (Å²) in [5.74, 6) is -0.482. The molecule has 1 rings (SSSR count). The third kappa shape index (κ3) is 5.23. The van der Waals surface area contributed by atoms with Gasteiger partial charge in [0.1, 0.15) is 11.6 Å². The van der Waals surface area contributed by atoms with Crippen molar-refractivity contribution in [3.8, 4) is 5.75 Å². The van der Waals surface area contributed by atoms with Gasteiger partial charge in [0.2, 0.25) is 0 Å². The molecule has 1 aromatic carbocycles. The van der Waals surface area contributed by atoms with E-state index < -0.39 is 11.9 Å². The lowest BCUT2D eigenvalue weighted by molar-refractivity contribution is -0.123. The number of ether oxygens (including phenoxy) is 2. The van der Waals surface area contributed by atoms with E-state index in [4.69, 9.17) is 9.47 Å². The quantitative estimate of drug-likeness (QED) is 0.727. The van der Waals surface area contributed by atoms with Gasteiger partial charge in [0.05, 0.1) is 12.7 Å². The van der Waals surface area contributed by atoms with E-state index in [-0.39, 0.29) is 12.5 Å². The molecular weight excluding hydrogens is 253 g/mol. The summed E-state index contributed by atoms with van der Waals surface area (Å²) in [6.45, 7) is 2.11. The van der Waals surface area contributed by atoms with E-state index in [1.165, 1.54) is 32.2 Å². The zero-order valence-corrected chi connectivity index (χ0v) is 11.0. The minimum Gasteiger partial charge on any atom is -0.483 e. The maximum absolute atomic E-state index is 13.1. The van der Waals surface area contributed by atoms with Crippen LogP contribution in [0.3, 0.4) is 0 Å². The molecule has 0 saturated carbocycles. The summed E-state index contributed by atoms with van der Waals surface area (Å²) in [5, 5.41) is 12.1. The SMILES string of the molecule is COCCNC(=O)COc1ccc(F)cc1[C@@H](C)O. The molecule has 0 aliphatic heterocycles. The zero-order valence-electron chi connectivity index (χ0n) is 11.0. The molecule has 1 atom stereocenters. The van der Waals surface area contributed by atoms with E-state index in [1.54, 1.807) is 0 Å². The Morgan fingerprint density at radius 1 is 1.53 bits per heavy atom. The number of aliphatic hydroxyl groups excluding tert-OH is 1. The predicted molar refractivity (Wildman–Crippen MR) is 67.4 cm³/mol. The molecule has 0 radical (unpaired) electrons. The molecule has 0 aliphatic carbocycles. The van der Waals surface area contributed by atoms with Crippen molar-refractivity contribution in [3.05, 3.63) is 29.6 Å². The van der Waals surface area contributed by atoms with Crippen LogP contribution in [-0.2, 0) is 9.53 Å². The van der Waals surface area contributed by atoms with Crippen molar-refractivity contribution in [1.82, 2.24) is 5.32 Å². The molecule has 19 heavy (non-hydrogen) atoms. The highest BCUT2D eigenvalue weighted by Gasteiger charge is 2.12. The summed E-state index contributed by atoms with van der Waals surface area (Å²) in [4.78, 5) is 11.4. The number of aliphatic hydroxyl groups is 1. The molecule has 0 spiro atoms. The second kappa shape index (κ2) is 7.70. The van der Waals surface area contributed by atoms with Crippen LogP contribution in [0.15, 0.2) is 18.2 Å². The molecule has 0 aromatic heterocycles. The molecule has 1 amide bonds. The smallest absolute Gasteiger partial charge is 0.258 e. The van der Waals surface area contributed by atoms with E-state index in [0.717, 1.165) is 0 Å². The van der Waals surface area contributed by atoms with Crippen molar-refractivity contribution < 1.29 is 23.8 Å². The van der Waals surface area contributed by atoms with Crippen LogP contribution in [0.1, 0.15) is 18.6 Å². The number of rotatable bonds is 7. The normalized spacial score (nSPS) is 12.0. The van der Waals surface area contributed by atoms with Gasteiger partial charge in [-0.2, -0.15) is 0 Å². The molecule has 6 heteroatoms. The molecule has 1 aromatic rings. The number of amides is 1. The highest BCUT2D eigenvalue weighted by molar-refractivity contribution is 5.77. The van der Waals surface area contributed by atoms with Crippen LogP contribution in [0, 0.1) is 5.82 Å². The van der Waals surface area contributed by atoms with Gasteiger partial charge in [-0.1, -0.05) is 0 Å². The van der Waals surface area contributed by atoms with Crippen molar-refractivity contribution in [2.75, 3.05) is 26.9 Å². The lowest BCUT2D eigenvalue weighted by atomic mass is 10.1. The number of methoxy groups -OCH3 is 1. The van der Waals surface area contributed by atoms with Crippen LogP contribution in [0.2, 0.25) is 0 Å². The summed E-state index contributed by atoms with van der Waals surface area (Å²) in [5.41, 5.74) is 0.310. The van der Waals surface area contributed by atoms with Crippen LogP contribution < -0.4 is 10.1 Å². The molecule has 0 aliphatic rings. The third-order valence-corrected chi connectivity index (χ3v) is 2.41. The Morgan fingerprint density at radius 3 is 2.89 bits per heavy atom. The molecule has 5 nitrogen and oxygen atoms in total. The second-order valence-electron chi connectivity index (χ2n) is 3.99. The first kappa shape index (κ1) is 15.4. The van der Waals surface area contributed by atoms with Gasteiger partial charge in [0.15, 0.2) is 6.61 Å². The van der Waals surface area contributed by atoms with Crippen LogP contribution in [-0.4, -0.2) is 37.9 Å². The Hall–Kier alpha value is -1.66. The highest BCUT2D eigenvalue weighted by atomic mass is 19.1. The summed E-state index contributed by atoms with van der Waals surface area (Å²) >= 11 is 0. The Labute approximate surface area is 111 Å². The largest absolute Gasteiger partial charge is 0.483 e. The molecule has 2 N–H and O–H groups in total. The van der Waals surface area contributed by atoms with E-state index in [1.807, 2.05) is 0 Å². The maximum atomic E-state index is 13.1. The number of carbonyl (C=O) groups is 1. The fourth-order valence-electron chi connectivity index (χ4n) is 1.46. The van der Waals surface area contributed by atoms with Crippen molar-refractivity contribution in [2.24, 2.45) is 0 Å². The minimum atomic E-state index is -0.873. The van der Waals surface area contributed by atoms with Crippen LogP contribution in [0.4, 0.5) is 4.39 Å². The fraction of sp³-hybridized carbons (Fsp3) is 0.462. The zero-order chi connectivity index (χ0) is 14.3. The van der Waals surface area contributed by atoms with Crippen LogP contribution >= 0.6 is 0 Å². The van der Waals surface area contributed by atoms with Crippen molar-refractivity contribution in [2.45, 2.75) is 13.0 Å². The molecule has 0 bridgehead atoms. The Balaban J connectivity index is 2.55. The second-order valence-corrected chi connectivity index (χ2v) is 3.99. The first-order chi connectivity index (χ1) is 9.04. The molecule has 106 valence electrons. The van der Waals surface area contributed by atoms with Gasteiger partial charge in [-0.05, 0) is 25.1 Å². The van der Waals surface area contributed by atoms with Crippen molar-refractivity contribution in [3.63, 3.8) is 0 Å². The monoisotopic (exact) mass is 271 g/mol. The third-order valence-electron chi connectivity index (χ3n) is 2.41. The Bertz CT molecular complexity index is 423. The molecule has 0 heterocycles. The lowest BCUT2D eigenvalue weighted by Gasteiger charge is -2.13. The van der Waals surface area contributed by atoms with E-state index >= 15 is 0 Å². The Kier molecular flexibility index (Phi) is 6.24. The maximum Gasteiger partial charge on any atom is 0.258 e. The summed E-state index contributed by atoms with van der Waals surface area (Å²) < 4.78 is 23.1. The van der Waals surface area contributed by atoms with Gasteiger partial charge in [-0.3, -0.25) is 4.79 Å². The average Bonchev–Trinajstić information content (AvgIpc) is 2.37. The number of hydrogen-bond donors (Lipinski definition) is 2. The number of carbonyl (C=O) groups excluding carboxylic acids is 1. The van der Waals surface area contributed by atoms with Crippen molar-refractivity contribution >= 4 is 5.91 Å². The van der Waals surface area contributed by atoms with Crippen molar-refractivity contribution in [1.29, 1.82) is 0 Å². The molecular formula is C13H18FNO4. The first-order valence-electron chi connectivity index (χ1n) is 5.90. The summed E-state index contributed by atoms with van der Waals surface area (Å²) in [6.07, 6.45) is -0.873. The van der Waals surface area contributed by atoms with Crippen LogP contribution in [0.5, 0.6) is 5.75 Å². The predicted octanol–water partition coefficient (Wildman–Crippen LogP) is 1.02. The molecule has 0 fully saturated rings. The number of benzene rings is 1. The van der Waals surface area contributed by atoms with Gasteiger partial charge < -0.3 is 19.9 Å². The summed E-state index contributed by atoms with van der Waals surface area (Å²) in [6, 6.07) is 3.78. The number of hydrogen-bond acceptors (Lipinski definition) is 4. The standard InChI is InChI=1S/C13H18FNO4/c1-9(16)11-7-10(14)3-4-12(11)19-8-13(17)15-5-6-18-2/h3-4,7,9,16H,5-6,8H2,1-2H3,(H,15,17)/t9-/m1/s1. The van der Waals surface area contributed by atoms with Gasteiger partial charge in [-0.15, -0.1) is 0 Å². The van der Waals surface area contributed by atoms with Gasteiger partial charge in [0.25, 0.3) is 5.91 Å². The topological polar surface area (TPSA) is 67.8 Å². The number of halogens is 1. The summed E-state index contributed by atoms with van der Waals surface area (Å²) in [7, 11) is 1.54. The minimum absolute atomic E-state index is 0.199. The van der Waals surface area contributed by atoms with Crippen LogP contribution in [0.25, 0.3) is 0 Å². The van der Waals surface area contributed by atoms with Gasteiger partial charge >= 0.3 is 0 Å². The molecule has 0 unspecified atom stereocenters. The molecule has 0 saturated heterocycles. The van der Waals surface area contributed by atoms with Gasteiger partial charge in [-0.25, -0.2) is 4.39 Å². The fourth-order valence-corrected chi connectivity index (χ4v) is 1.46. The first-order valence-corrected chi connectivity index (χ1v) is 5.90. The lowest BCUT2D eigenvalue weighted by Crippen LogP contribution is -2.31. The van der Waals surface area contributed by atoms with Gasteiger partial charge in [0, 0.05) is 19.2 Å². The van der Waals surface area contributed by atoms with E-state index in [9.17, 15) is 14.3 Å². The Morgan fingerprint density at radius 2 is 2.26 bits per heavy atom. The van der Waals surface area contributed by atoms with E-state index in [2.05, 4.69) is 5.32 Å². The highest BCUT2D eigenvalue weighted by Crippen LogP contribution is 2.25.